The Hall–Kier alpha value is -9.96. The number of amides is 16. The molecule has 0 radical (unpaired) electrons. The Morgan fingerprint density at radius 2 is 0.537 bits per heavy atom. The van der Waals surface area contributed by atoms with Crippen LogP contribution in [0.4, 0.5) is 38.4 Å². The van der Waals surface area contributed by atoms with E-state index in [2.05, 4.69) is 23.7 Å². The molecule has 0 N–H and O–H groups in total. The Kier molecular flexibility index (Phi) is 9.52. The van der Waals surface area contributed by atoms with Gasteiger partial charge >= 0.3 is 48.2 Å². The van der Waals surface area contributed by atoms with E-state index in [0.717, 1.165) is 0 Å². The van der Waals surface area contributed by atoms with Crippen molar-refractivity contribution >= 4 is 48.2 Å². The highest BCUT2D eigenvalue weighted by Gasteiger charge is 2.80. The number of hydrogen-bond acceptors (Lipinski definition) is 12. The molecule has 0 aliphatic carbocycles. The summed E-state index contributed by atoms with van der Waals surface area (Å²) in [5, 5.41) is 0. The third-order valence-corrected chi connectivity index (χ3v) is 19.9. The Balaban J connectivity index is 0.788. The van der Waals surface area contributed by atoms with Crippen molar-refractivity contribution in [1.82, 2.24) is 78.4 Å². The van der Waals surface area contributed by atoms with Crippen LogP contribution in [0.2, 0.25) is 0 Å². The first-order valence-electron chi connectivity index (χ1n) is 26.6. The van der Waals surface area contributed by atoms with E-state index in [4.69, 9.17) is 44.6 Å². The van der Waals surface area contributed by atoms with Crippen LogP contribution in [-0.2, 0) is 26.2 Å². The normalized spacial score (nSPS) is 31.8. The number of benzene rings is 2. The first-order chi connectivity index (χ1) is 39.4. The fourth-order valence-electron chi connectivity index (χ4n) is 15.6. The maximum Gasteiger partial charge on any atom is 0.326 e. The van der Waals surface area contributed by atoms with Gasteiger partial charge in [0.1, 0.15) is 89.4 Å². The van der Waals surface area contributed by atoms with Gasteiger partial charge < -0.3 is 18.9 Å². The van der Waals surface area contributed by atoms with Crippen molar-refractivity contribution < 1.29 is 57.3 Å². The maximum atomic E-state index is 15.5. The van der Waals surface area contributed by atoms with Crippen LogP contribution in [0.5, 0.6) is 23.0 Å². The summed E-state index contributed by atoms with van der Waals surface area (Å²) in [5.41, 5.74) is -3.83. The Bertz CT molecular complexity index is 3150. The third-order valence-electron chi connectivity index (χ3n) is 19.9. The Labute approximate surface area is 469 Å². The molecule has 28 heteroatoms. The van der Waals surface area contributed by atoms with E-state index in [1.54, 1.807) is 71.6 Å². The van der Waals surface area contributed by atoms with Crippen LogP contribution in [0, 0.1) is 49.4 Å². The monoisotopic (exact) mass is 1120 g/mol. The fourth-order valence-corrected chi connectivity index (χ4v) is 15.6. The van der Waals surface area contributed by atoms with Gasteiger partial charge in [0.05, 0.1) is 26.2 Å². The highest BCUT2D eigenvalue weighted by atomic mass is 16.5. The number of carbonyl (C=O) groups excluding carboxylic acids is 8. The van der Waals surface area contributed by atoms with Crippen molar-refractivity contribution in [2.45, 2.75) is 101 Å². The van der Waals surface area contributed by atoms with Crippen molar-refractivity contribution in [1.29, 1.82) is 0 Å². The average Bonchev–Trinajstić information content (AvgIpc) is 1.57. The van der Waals surface area contributed by atoms with E-state index < -0.39 is 136 Å². The largest absolute Gasteiger partial charge is 0.481 e. The molecule has 13 heterocycles. The van der Waals surface area contributed by atoms with Gasteiger partial charge in [-0.2, -0.15) is 0 Å². The number of hydrogen-bond donors (Lipinski definition) is 0. The van der Waals surface area contributed by atoms with E-state index >= 15 is 38.4 Å². The number of rotatable bonds is 8. The van der Waals surface area contributed by atoms with Gasteiger partial charge in [0, 0.05) is 22.3 Å². The quantitative estimate of drug-likeness (QED) is 0.342. The van der Waals surface area contributed by atoms with E-state index in [0.29, 0.717) is 45.3 Å². The first kappa shape index (κ1) is 49.1. The van der Waals surface area contributed by atoms with Crippen molar-refractivity contribution in [3.63, 3.8) is 0 Å². The highest BCUT2D eigenvalue weighted by molar-refractivity contribution is 5.94. The van der Waals surface area contributed by atoms with E-state index in [9.17, 15) is 0 Å². The summed E-state index contributed by atoms with van der Waals surface area (Å²) >= 11 is 0. The van der Waals surface area contributed by atoms with Crippen LogP contribution >= 0.6 is 0 Å². The van der Waals surface area contributed by atoms with Crippen LogP contribution < -0.4 is 18.9 Å². The Morgan fingerprint density at radius 1 is 0.341 bits per heavy atom. The predicted octanol–water partition coefficient (Wildman–Crippen LogP) is 1.32. The molecule has 13 aliphatic heterocycles. The smallest absolute Gasteiger partial charge is 0.326 e. The van der Waals surface area contributed by atoms with Crippen molar-refractivity contribution in [2.24, 2.45) is 0 Å². The number of fused-ring (bicyclic) bond motifs is 2. The summed E-state index contributed by atoms with van der Waals surface area (Å²) in [7, 11) is 0. The molecule has 0 bridgehead atoms. The van der Waals surface area contributed by atoms with E-state index in [-0.39, 0.29) is 52.6 Å². The average molecular weight is 1120 g/mol. The molecule has 2 aromatic carbocycles. The standard InChI is InChI=1S/C54H52N16O12/c1-9-17-79-35-13-14-36(80-18-10-2)32-22-64-48(76)68-28-60-41-39-55(43(71)59(41)27-67-47(75)63(21-31(32)35)51(64,5)53(67,68)7)25-57-40-42-61(45(57)73)29-69-49(77)65-23-33-34(38(82-20-12-4)16-15-37(33)81-19-11-3)24-66-50(78)70(54(69,8)52(65,66)6)30-62(42)46(74)58(40)26-56(39)44(60)72/h1-4,13-16,39-42H,17-30H2,5-8H3. The molecule has 0 spiro atoms. The van der Waals surface area contributed by atoms with Gasteiger partial charge in [-0.25, -0.2) is 38.4 Å². The number of urea groups is 8. The molecule has 15 rings (SSSR count). The molecule has 28 nitrogen and oxygen atoms in total. The lowest BCUT2D eigenvalue weighted by Gasteiger charge is -2.49. The number of nitrogens with zero attached hydrogens (tertiary/aromatic N) is 16. The minimum absolute atomic E-state index is 0.0777. The zero-order valence-corrected chi connectivity index (χ0v) is 44.9. The summed E-state index contributed by atoms with van der Waals surface area (Å²) in [5.74, 6) is 11.4. The highest BCUT2D eigenvalue weighted by Crippen LogP contribution is 2.59. The second-order valence-electron chi connectivity index (χ2n) is 22.7. The van der Waals surface area contributed by atoms with Crippen molar-refractivity contribution in [3.8, 4) is 72.4 Å². The van der Waals surface area contributed by atoms with Crippen molar-refractivity contribution in [3.05, 3.63) is 46.5 Å². The van der Waals surface area contributed by atoms with E-state index in [1.165, 1.54) is 58.8 Å². The third kappa shape index (κ3) is 5.34. The lowest BCUT2D eigenvalue weighted by Crippen LogP contribution is -2.69. The van der Waals surface area contributed by atoms with Crippen molar-refractivity contribution in [2.75, 3.05) is 66.4 Å². The molecule has 82 heavy (non-hydrogen) atoms. The second kappa shape index (κ2) is 15.9. The molecule has 0 atom stereocenters. The first-order valence-corrected chi connectivity index (χ1v) is 26.6. The maximum absolute atomic E-state index is 15.5. The minimum Gasteiger partial charge on any atom is -0.481 e. The number of carbonyl (C=O) groups is 8. The topological polar surface area (TPSA) is 225 Å². The summed E-state index contributed by atoms with van der Waals surface area (Å²) in [6, 6.07) is 2.05. The van der Waals surface area contributed by atoms with Crippen LogP contribution in [0.25, 0.3) is 0 Å². The number of ether oxygens (including phenoxy) is 4. The lowest BCUT2D eigenvalue weighted by molar-refractivity contribution is -0.0871. The molecule has 11 saturated heterocycles. The summed E-state index contributed by atoms with van der Waals surface area (Å²) in [4.78, 5) is 147. The van der Waals surface area contributed by atoms with E-state index in [1.807, 2.05) is 0 Å². The molecule has 16 amide bonds. The fraction of sp³-hybridized carbons (Fsp3) is 0.481. The molecule has 13 aliphatic rings. The van der Waals surface area contributed by atoms with Gasteiger partial charge in [-0.05, 0) is 52.0 Å². The van der Waals surface area contributed by atoms with Crippen LogP contribution in [0.1, 0.15) is 49.9 Å². The van der Waals surface area contributed by atoms with Gasteiger partial charge in [-0.1, -0.05) is 23.7 Å². The second-order valence-corrected chi connectivity index (χ2v) is 22.7. The summed E-state index contributed by atoms with van der Waals surface area (Å²) in [6.45, 7) is 3.85. The Morgan fingerprint density at radius 3 is 0.744 bits per heavy atom. The van der Waals surface area contributed by atoms with Gasteiger partial charge in [0.25, 0.3) is 0 Å². The summed E-state index contributed by atoms with van der Waals surface area (Å²) in [6.07, 6.45) is 17.8. The molecule has 0 aromatic heterocycles. The van der Waals surface area contributed by atoms with Gasteiger partial charge in [0.2, 0.25) is 0 Å². The van der Waals surface area contributed by atoms with Gasteiger partial charge in [-0.15, -0.1) is 25.7 Å². The van der Waals surface area contributed by atoms with Crippen LogP contribution in [-0.4, -0.2) is 240 Å². The van der Waals surface area contributed by atoms with Gasteiger partial charge in [0.15, 0.2) is 47.3 Å². The molecular formula is C54H52N16O12. The number of terminal acetylenes is 4. The molecule has 420 valence electrons. The molecule has 0 unspecified atom stereocenters. The SMILES string of the molecule is C#CCOc1ccc(OCC#C)c2c1CN1C(=O)N3CN4C(=O)N5CN6C(=O)N7CN8C(=O)N9Cc%10c(OCC#C)ccc(OCC#C)c%10CN%10C(=O)N(CN%11C(=O)N(CN%12C(=O)N(CN%13C(=O)N(C2)C1(C)C3%13C)C4C5%12)C6C7%11)C8(C)C9%10C. The van der Waals surface area contributed by atoms with Gasteiger partial charge in [-0.3, -0.25) is 78.4 Å². The minimum atomic E-state index is -1.54. The zero-order valence-electron chi connectivity index (χ0n) is 44.9. The molecule has 2 aromatic rings. The van der Waals surface area contributed by atoms with Crippen LogP contribution in [0.15, 0.2) is 24.3 Å². The lowest BCUT2D eigenvalue weighted by atomic mass is 9.95. The summed E-state index contributed by atoms with van der Waals surface area (Å²) < 4.78 is 24.0. The van der Waals surface area contributed by atoms with Crippen LogP contribution in [0.3, 0.4) is 0 Å². The zero-order chi connectivity index (χ0) is 57.2. The molecular weight excluding hydrogens is 1060 g/mol. The molecule has 0 saturated carbocycles. The predicted molar refractivity (Wildman–Crippen MR) is 276 cm³/mol. The molecule has 11 fully saturated rings.